The highest BCUT2D eigenvalue weighted by Crippen LogP contribution is 2.31. The van der Waals surface area contributed by atoms with Crippen LogP contribution < -0.4 is 10.1 Å². The maximum absolute atomic E-state index is 12.9. The van der Waals surface area contributed by atoms with Gasteiger partial charge in [0.05, 0.1) is 19.3 Å². The van der Waals surface area contributed by atoms with Gasteiger partial charge in [0.15, 0.2) is 0 Å². The third-order valence-electron chi connectivity index (χ3n) is 4.51. The smallest absolute Gasteiger partial charge is 0.341 e. The zero-order chi connectivity index (χ0) is 21.0. The number of hydrogen-bond donors (Lipinski definition) is 1. The van der Waals surface area contributed by atoms with E-state index in [1.165, 1.54) is 11.3 Å². The van der Waals surface area contributed by atoms with Crippen molar-refractivity contribution in [3.63, 3.8) is 0 Å². The number of esters is 1. The van der Waals surface area contributed by atoms with Crippen LogP contribution in [0.1, 0.15) is 47.1 Å². The van der Waals surface area contributed by atoms with E-state index < -0.39 is 5.97 Å². The fourth-order valence-electron chi connectivity index (χ4n) is 3.17. The molecule has 6 heteroatoms. The summed E-state index contributed by atoms with van der Waals surface area (Å²) in [7, 11) is 1.62. The first-order valence-electron chi connectivity index (χ1n) is 9.59. The Hall–Kier alpha value is -2.86. The molecule has 0 radical (unpaired) electrons. The van der Waals surface area contributed by atoms with Crippen LogP contribution in [0.3, 0.4) is 0 Å². The number of methoxy groups -OCH3 is 1. The van der Waals surface area contributed by atoms with Gasteiger partial charge < -0.3 is 14.8 Å². The molecule has 1 amide bonds. The molecule has 0 fully saturated rings. The lowest BCUT2D eigenvalue weighted by molar-refractivity contribution is 0.0527. The molecule has 0 spiro atoms. The molecule has 3 rings (SSSR count). The Morgan fingerprint density at radius 3 is 2.52 bits per heavy atom. The first-order valence-corrected chi connectivity index (χ1v) is 10.5. The number of carbonyl (C=O) groups excluding carboxylic acids is 2. The van der Waals surface area contributed by atoms with E-state index in [0.29, 0.717) is 22.0 Å². The highest BCUT2D eigenvalue weighted by Gasteiger charge is 2.22. The van der Waals surface area contributed by atoms with Crippen LogP contribution in [-0.2, 0) is 11.2 Å². The molecule has 0 bridgehead atoms. The molecule has 2 aromatic carbocycles. The second kappa shape index (κ2) is 9.09. The van der Waals surface area contributed by atoms with Crippen molar-refractivity contribution < 1.29 is 19.1 Å². The maximum Gasteiger partial charge on any atom is 0.341 e. The summed E-state index contributed by atoms with van der Waals surface area (Å²) in [5, 5.41) is 7.28. The average Bonchev–Trinajstić information content (AvgIpc) is 3.08. The Bertz CT molecular complexity index is 1040. The summed E-state index contributed by atoms with van der Waals surface area (Å²) in [6.45, 7) is 6.25. The third kappa shape index (κ3) is 4.77. The van der Waals surface area contributed by atoms with Crippen molar-refractivity contribution in [3.05, 3.63) is 58.5 Å². The lowest BCUT2D eigenvalue weighted by Crippen LogP contribution is -2.15. The Balaban J connectivity index is 1.89. The molecule has 0 aliphatic rings. The maximum atomic E-state index is 12.9. The van der Waals surface area contributed by atoms with Crippen LogP contribution in [0.25, 0.3) is 10.8 Å². The average molecular weight is 412 g/mol. The standard InChI is InChI=1S/C23H25NO4S/c1-5-28-23(26)20-18(10-14(2)3)13-29-22(20)24-21(25)17-7-6-16-12-19(27-4)9-8-15(16)11-17/h6-9,11-14H,5,10H2,1-4H3,(H,24,25). The summed E-state index contributed by atoms with van der Waals surface area (Å²) >= 11 is 1.35. The van der Waals surface area contributed by atoms with Crippen molar-refractivity contribution >= 4 is 39.0 Å². The van der Waals surface area contributed by atoms with Gasteiger partial charge >= 0.3 is 5.97 Å². The van der Waals surface area contributed by atoms with Gasteiger partial charge in [0, 0.05) is 5.56 Å². The molecule has 1 aromatic heterocycles. The molecule has 1 N–H and O–H groups in total. The first-order chi connectivity index (χ1) is 13.9. The molecule has 0 unspecified atom stereocenters. The number of rotatable bonds is 7. The zero-order valence-electron chi connectivity index (χ0n) is 17.1. The van der Waals surface area contributed by atoms with Gasteiger partial charge in [0.1, 0.15) is 10.8 Å². The SMILES string of the molecule is CCOC(=O)c1c(CC(C)C)csc1NC(=O)c1ccc2cc(OC)ccc2c1. The Morgan fingerprint density at radius 2 is 1.83 bits per heavy atom. The van der Waals surface area contributed by atoms with Gasteiger partial charge in [-0.25, -0.2) is 4.79 Å². The van der Waals surface area contributed by atoms with Crippen molar-refractivity contribution in [3.8, 4) is 5.75 Å². The highest BCUT2D eigenvalue weighted by molar-refractivity contribution is 7.15. The number of thiophene rings is 1. The molecule has 0 saturated carbocycles. The van der Waals surface area contributed by atoms with Gasteiger partial charge in [-0.3, -0.25) is 4.79 Å². The van der Waals surface area contributed by atoms with Gasteiger partial charge in [0.25, 0.3) is 5.91 Å². The van der Waals surface area contributed by atoms with Crippen LogP contribution in [0.4, 0.5) is 5.00 Å². The lowest BCUT2D eigenvalue weighted by Gasteiger charge is -2.10. The lowest BCUT2D eigenvalue weighted by atomic mass is 10.0. The van der Waals surface area contributed by atoms with E-state index >= 15 is 0 Å². The summed E-state index contributed by atoms with van der Waals surface area (Å²) in [6.07, 6.45) is 0.748. The largest absolute Gasteiger partial charge is 0.497 e. The van der Waals surface area contributed by atoms with E-state index in [1.807, 2.05) is 35.7 Å². The molecule has 0 saturated heterocycles. The molecule has 0 aliphatic carbocycles. The van der Waals surface area contributed by atoms with Gasteiger partial charge in [0.2, 0.25) is 0 Å². The number of carbonyl (C=O) groups is 2. The second-order valence-electron chi connectivity index (χ2n) is 7.17. The fraction of sp³-hybridized carbons (Fsp3) is 0.304. The number of fused-ring (bicyclic) bond motifs is 1. The number of benzene rings is 2. The molecular weight excluding hydrogens is 386 g/mol. The first kappa shape index (κ1) is 20.9. The van der Waals surface area contributed by atoms with E-state index in [1.54, 1.807) is 20.1 Å². The summed E-state index contributed by atoms with van der Waals surface area (Å²) in [5.41, 5.74) is 1.89. The summed E-state index contributed by atoms with van der Waals surface area (Å²) < 4.78 is 10.5. The predicted molar refractivity (Wildman–Crippen MR) is 117 cm³/mol. The topological polar surface area (TPSA) is 64.6 Å². The fourth-order valence-corrected chi connectivity index (χ4v) is 4.13. The minimum atomic E-state index is -0.398. The number of amides is 1. The van der Waals surface area contributed by atoms with Crippen molar-refractivity contribution in [2.75, 3.05) is 19.0 Å². The van der Waals surface area contributed by atoms with E-state index in [0.717, 1.165) is 28.5 Å². The number of ether oxygens (including phenoxy) is 2. The van der Waals surface area contributed by atoms with Crippen LogP contribution >= 0.6 is 11.3 Å². The summed E-state index contributed by atoms with van der Waals surface area (Å²) in [6, 6.07) is 11.2. The molecule has 5 nitrogen and oxygen atoms in total. The van der Waals surface area contributed by atoms with E-state index in [2.05, 4.69) is 19.2 Å². The van der Waals surface area contributed by atoms with Crippen molar-refractivity contribution in [2.24, 2.45) is 5.92 Å². The van der Waals surface area contributed by atoms with Gasteiger partial charge in [-0.05, 0) is 65.2 Å². The van der Waals surface area contributed by atoms with Gasteiger partial charge in [-0.1, -0.05) is 26.0 Å². The van der Waals surface area contributed by atoms with Gasteiger partial charge in [-0.15, -0.1) is 11.3 Å². The second-order valence-corrected chi connectivity index (χ2v) is 8.05. The van der Waals surface area contributed by atoms with Crippen molar-refractivity contribution in [1.82, 2.24) is 0 Å². The van der Waals surface area contributed by atoms with Crippen LogP contribution in [0.5, 0.6) is 5.75 Å². The monoisotopic (exact) mass is 411 g/mol. The van der Waals surface area contributed by atoms with Gasteiger partial charge in [-0.2, -0.15) is 0 Å². The quantitative estimate of drug-likeness (QED) is 0.519. The molecular formula is C23H25NO4S. The molecule has 29 heavy (non-hydrogen) atoms. The number of nitrogens with one attached hydrogen (secondary N) is 1. The van der Waals surface area contributed by atoms with E-state index in [-0.39, 0.29) is 12.5 Å². The summed E-state index contributed by atoms with van der Waals surface area (Å²) in [5.74, 6) is 0.500. The predicted octanol–water partition coefficient (Wildman–Crippen LogP) is 5.54. The Labute approximate surface area is 174 Å². The Morgan fingerprint density at radius 1 is 1.10 bits per heavy atom. The van der Waals surface area contributed by atoms with E-state index in [9.17, 15) is 9.59 Å². The molecule has 3 aromatic rings. The van der Waals surface area contributed by atoms with E-state index in [4.69, 9.17) is 9.47 Å². The third-order valence-corrected chi connectivity index (χ3v) is 5.46. The van der Waals surface area contributed by atoms with Crippen LogP contribution in [0.2, 0.25) is 0 Å². The number of hydrogen-bond acceptors (Lipinski definition) is 5. The molecule has 0 aliphatic heterocycles. The zero-order valence-corrected chi connectivity index (χ0v) is 17.9. The minimum Gasteiger partial charge on any atom is -0.497 e. The van der Waals surface area contributed by atoms with Crippen LogP contribution in [0, 0.1) is 5.92 Å². The molecule has 152 valence electrons. The van der Waals surface area contributed by atoms with Crippen molar-refractivity contribution in [2.45, 2.75) is 27.2 Å². The Kier molecular flexibility index (Phi) is 6.54. The highest BCUT2D eigenvalue weighted by atomic mass is 32.1. The summed E-state index contributed by atoms with van der Waals surface area (Å²) in [4.78, 5) is 25.4. The van der Waals surface area contributed by atoms with Crippen molar-refractivity contribution in [1.29, 1.82) is 0 Å². The molecule has 1 heterocycles. The molecule has 0 atom stereocenters. The number of anilines is 1. The normalized spacial score (nSPS) is 10.9. The van der Waals surface area contributed by atoms with Crippen LogP contribution in [-0.4, -0.2) is 25.6 Å². The van der Waals surface area contributed by atoms with Crippen LogP contribution in [0.15, 0.2) is 41.8 Å². The minimum absolute atomic E-state index is 0.258.